The highest BCUT2D eigenvalue weighted by Gasteiger charge is 2.18. The van der Waals surface area contributed by atoms with Gasteiger partial charge in [-0.2, -0.15) is 0 Å². The summed E-state index contributed by atoms with van der Waals surface area (Å²) in [6.07, 6.45) is 1.75. The summed E-state index contributed by atoms with van der Waals surface area (Å²) < 4.78 is 5.43. The third-order valence-corrected chi connectivity index (χ3v) is 4.37. The second kappa shape index (κ2) is 8.42. The van der Waals surface area contributed by atoms with Crippen LogP contribution in [0.2, 0.25) is 0 Å². The van der Waals surface area contributed by atoms with E-state index in [9.17, 15) is 9.59 Å². The van der Waals surface area contributed by atoms with Crippen LogP contribution in [0.25, 0.3) is 0 Å². The molecule has 0 saturated carbocycles. The molecule has 6 heteroatoms. The molecule has 0 radical (unpaired) electrons. The Bertz CT molecular complexity index is 868. The molecule has 1 heterocycles. The predicted octanol–water partition coefficient (Wildman–Crippen LogP) is 3.51. The van der Waals surface area contributed by atoms with Crippen molar-refractivity contribution in [3.8, 4) is 5.75 Å². The summed E-state index contributed by atoms with van der Waals surface area (Å²) in [7, 11) is 3.36. The fourth-order valence-corrected chi connectivity index (χ4v) is 2.92. The van der Waals surface area contributed by atoms with Gasteiger partial charge in [-0.1, -0.05) is 0 Å². The minimum atomic E-state index is -0.314. The van der Waals surface area contributed by atoms with Crippen LogP contribution in [0, 0.1) is 13.8 Å². The zero-order valence-electron chi connectivity index (χ0n) is 17.7. The highest BCUT2D eigenvalue weighted by atomic mass is 16.5. The van der Waals surface area contributed by atoms with Crippen LogP contribution in [-0.4, -0.2) is 41.4 Å². The highest BCUT2D eigenvalue weighted by Crippen LogP contribution is 2.24. The van der Waals surface area contributed by atoms with E-state index in [0.29, 0.717) is 17.7 Å². The smallest absolute Gasteiger partial charge is 0.253 e. The Balaban J connectivity index is 2.13. The van der Waals surface area contributed by atoms with Gasteiger partial charge in [-0.3, -0.25) is 14.6 Å². The first-order valence-electron chi connectivity index (χ1n) is 9.20. The molecule has 1 aromatic heterocycles. The predicted molar refractivity (Wildman–Crippen MR) is 110 cm³/mol. The van der Waals surface area contributed by atoms with Gasteiger partial charge in [-0.15, -0.1) is 0 Å². The number of nitrogens with one attached hydrogen (secondary N) is 1. The second-order valence-electron chi connectivity index (χ2n) is 7.99. The van der Waals surface area contributed by atoms with Gasteiger partial charge in [0.05, 0.1) is 19.3 Å². The molecule has 0 atom stereocenters. The van der Waals surface area contributed by atoms with Crippen molar-refractivity contribution in [3.63, 3.8) is 0 Å². The van der Waals surface area contributed by atoms with E-state index >= 15 is 0 Å². The molecule has 0 fully saturated rings. The molecule has 0 aliphatic carbocycles. The van der Waals surface area contributed by atoms with E-state index in [1.54, 1.807) is 49.5 Å². The monoisotopic (exact) mass is 383 g/mol. The average Bonchev–Trinajstić information content (AvgIpc) is 2.62. The van der Waals surface area contributed by atoms with Crippen molar-refractivity contribution in [2.45, 2.75) is 46.7 Å². The van der Waals surface area contributed by atoms with Gasteiger partial charge >= 0.3 is 0 Å². The Kier molecular flexibility index (Phi) is 6.44. The highest BCUT2D eigenvalue weighted by molar-refractivity contribution is 5.98. The Morgan fingerprint density at radius 1 is 1.11 bits per heavy atom. The maximum Gasteiger partial charge on any atom is 0.253 e. The Morgan fingerprint density at radius 3 is 2.21 bits per heavy atom. The second-order valence-corrected chi connectivity index (χ2v) is 7.99. The zero-order valence-corrected chi connectivity index (χ0v) is 17.7. The number of ether oxygens (including phenoxy) is 1. The lowest BCUT2D eigenvalue weighted by molar-refractivity contribution is 0.0782. The number of benzene rings is 1. The van der Waals surface area contributed by atoms with Crippen molar-refractivity contribution in [1.29, 1.82) is 0 Å². The largest absolute Gasteiger partial charge is 0.496 e. The number of aryl methyl sites for hydroxylation is 1. The van der Waals surface area contributed by atoms with Crippen LogP contribution >= 0.6 is 0 Å². The van der Waals surface area contributed by atoms with Crippen LogP contribution in [0.1, 0.15) is 58.3 Å². The van der Waals surface area contributed by atoms with Crippen LogP contribution in [0.15, 0.2) is 30.5 Å². The van der Waals surface area contributed by atoms with Crippen molar-refractivity contribution >= 4 is 11.8 Å². The van der Waals surface area contributed by atoms with Crippen molar-refractivity contribution in [1.82, 2.24) is 15.2 Å². The van der Waals surface area contributed by atoms with Gasteiger partial charge in [0.2, 0.25) is 0 Å². The Morgan fingerprint density at radius 2 is 1.68 bits per heavy atom. The molecule has 0 saturated heterocycles. The quantitative estimate of drug-likeness (QED) is 0.858. The minimum absolute atomic E-state index is 0.136. The molecule has 1 aromatic carbocycles. The van der Waals surface area contributed by atoms with Crippen LogP contribution < -0.4 is 10.1 Å². The summed E-state index contributed by atoms with van der Waals surface area (Å²) in [6.45, 7) is 10.0. The van der Waals surface area contributed by atoms with Crippen LogP contribution in [0.4, 0.5) is 0 Å². The maximum absolute atomic E-state index is 12.8. The van der Waals surface area contributed by atoms with Gasteiger partial charge in [-0.25, -0.2) is 0 Å². The molecule has 0 bridgehead atoms. The molecule has 150 valence electrons. The fourth-order valence-electron chi connectivity index (χ4n) is 2.92. The van der Waals surface area contributed by atoms with Gasteiger partial charge < -0.3 is 15.0 Å². The number of rotatable bonds is 5. The molecule has 28 heavy (non-hydrogen) atoms. The Labute approximate surface area is 166 Å². The Hall–Kier alpha value is -2.89. The topological polar surface area (TPSA) is 71.5 Å². The number of nitrogens with zero attached hydrogens (tertiary/aromatic N) is 2. The van der Waals surface area contributed by atoms with Crippen molar-refractivity contribution in [3.05, 3.63) is 58.4 Å². The van der Waals surface area contributed by atoms with E-state index in [4.69, 9.17) is 4.74 Å². The number of hydrogen-bond donors (Lipinski definition) is 1. The first kappa shape index (κ1) is 21.4. The molecule has 2 rings (SSSR count). The SMILES string of the molecule is COc1c(C)cnc(CN(C)C(=O)c2ccc(C(=O)NC(C)(C)C)cc2)c1C. The molecule has 0 spiro atoms. The van der Waals surface area contributed by atoms with Gasteiger partial charge in [0.25, 0.3) is 11.8 Å². The normalized spacial score (nSPS) is 11.1. The first-order valence-corrected chi connectivity index (χ1v) is 9.20. The third-order valence-electron chi connectivity index (χ3n) is 4.37. The molecule has 6 nitrogen and oxygen atoms in total. The van der Waals surface area contributed by atoms with Crippen molar-refractivity contribution in [2.75, 3.05) is 14.2 Å². The number of methoxy groups -OCH3 is 1. The summed E-state index contributed by atoms with van der Waals surface area (Å²) in [4.78, 5) is 31.0. The lowest BCUT2D eigenvalue weighted by Gasteiger charge is -2.21. The van der Waals surface area contributed by atoms with E-state index in [1.807, 2.05) is 34.6 Å². The summed E-state index contributed by atoms with van der Waals surface area (Å²) in [6, 6.07) is 6.68. The molecular formula is C22H29N3O3. The molecule has 0 unspecified atom stereocenters. The summed E-state index contributed by atoms with van der Waals surface area (Å²) in [5.41, 5.74) is 3.41. The van der Waals surface area contributed by atoms with E-state index in [-0.39, 0.29) is 17.4 Å². The number of aromatic nitrogens is 1. The minimum Gasteiger partial charge on any atom is -0.496 e. The number of amides is 2. The standard InChI is InChI=1S/C22H29N3O3/c1-14-12-23-18(15(2)19(14)28-7)13-25(6)21(27)17-10-8-16(9-11-17)20(26)24-22(3,4)5/h8-12H,13H2,1-7H3,(H,24,26). The molecule has 1 N–H and O–H groups in total. The van der Waals surface area contributed by atoms with Gasteiger partial charge in [0.1, 0.15) is 5.75 Å². The van der Waals surface area contributed by atoms with Gasteiger partial charge in [0.15, 0.2) is 0 Å². The summed E-state index contributed by atoms with van der Waals surface area (Å²) >= 11 is 0. The lowest BCUT2D eigenvalue weighted by Crippen LogP contribution is -2.40. The zero-order chi connectivity index (χ0) is 21.1. The summed E-state index contributed by atoms with van der Waals surface area (Å²) in [5.74, 6) is 0.495. The van der Waals surface area contributed by atoms with E-state index in [0.717, 1.165) is 22.6 Å². The van der Waals surface area contributed by atoms with Gasteiger partial charge in [0, 0.05) is 41.0 Å². The van der Waals surface area contributed by atoms with E-state index in [2.05, 4.69) is 10.3 Å². The van der Waals surface area contributed by atoms with Crippen molar-refractivity contribution in [2.24, 2.45) is 0 Å². The van der Waals surface area contributed by atoms with Crippen LogP contribution in [0.5, 0.6) is 5.75 Å². The van der Waals surface area contributed by atoms with E-state index in [1.165, 1.54) is 0 Å². The van der Waals surface area contributed by atoms with Crippen LogP contribution in [-0.2, 0) is 6.54 Å². The first-order chi connectivity index (χ1) is 13.0. The number of carbonyl (C=O) groups excluding carboxylic acids is 2. The molecule has 2 amide bonds. The molecular weight excluding hydrogens is 354 g/mol. The fraction of sp³-hybridized carbons (Fsp3) is 0.409. The number of hydrogen-bond acceptors (Lipinski definition) is 4. The third kappa shape index (κ3) is 5.09. The van der Waals surface area contributed by atoms with Crippen LogP contribution in [0.3, 0.4) is 0 Å². The number of carbonyl (C=O) groups is 2. The van der Waals surface area contributed by atoms with Gasteiger partial charge in [-0.05, 0) is 58.9 Å². The molecule has 2 aromatic rings. The molecule has 0 aliphatic heterocycles. The van der Waals surface area contributed by atoms with E-state index < -0.39 is 0 Å². The maximum atomic E-state index is 12.8. The number of pyridine rings is 1. The summed E-state index contributed by atoms with van der Waals surface area (Å²) in [5, 5.41) is 2.91. The average molecular weight is 383 g/mol. The van der Waals surface area contributed by atoms with Crippen molar-refractivity contribution < 1.29 is 14.3 Å². The lowest BCUT2D eigenvalue weighted by atomic mass is 10.1. The molecule has 0 aliphatic rings.